The number of fused-ring (bicyclic) bond motifs is 1. The summed E-state index contributed by atoms with van der Waals surface area (Å²) in [7, 11) is 0. The zero-order valence-corrected chi connectivity index (χ0v) is 25.9. The quantitative estimate of drug-likeness (QED) is 0.174. The monoisotopic (exact) mass is 640 g/mol. The molecule has 9 heteroatoms. The van der Waals surface area contributed by atoms with Gasteiger partial charge in [0.2, 0.25) is 0 Å². The van der Waals surface area contributed by atoms with E-state index in [2.05, 4.69) is 4.99 Å². The van der Waals surface area contributed by atoms with Gasteiger partial charge in [0.25, 0.3) is 5.56 Å². The molecule has 44 heavy (non-hydrogen) atoms. The molecule has 6 rings (SSSR count). The van der Waals surface area contributed by atoms with Crippen molar-refractivity contribution in [3.63, 3.8) is 0 Å². The highest BCUT2D eigenvalue weighted by atomic mass is 35.5. The molecule has 0 saturated heterocycles. The number of carbonyl (C=O) groups excluding carboxylic acids is 1. The van der Waals surface area contributed by atoms with E-state index in [0.717, 1.165) is 22.3 Å². The molecule has 5 aromatic rings. The van der Waals surface area contributed by atoms with Crippen molar-refractivity contribution in [3.05, 3.63) is 166 Å². The zero-order valence-electron chi connectivity index (χ0n) is 23.6. The maximum atomic E-state index is 14.0. The number of esters is 1. The normalized spacial score (nSPS) is 14.6. The van der Waals surface area contributed by atoms with Crippen LogP contribution in [0.15, 0.2) is 124 Å². The minimum Gasteiger partial charge on any atom is -0.489 e. The van der Waals surface area contributed by atoms with Crippen LogP contribution in [0.4, 0.5) is 0 Å². The van der Waals surface area contributed by atoms with Crippen molar-refractivity contribution in [1.82, 2.24) is 4.57 Å². The Balaban J connectivity index is 1.38. The highest BCUT2D eigenvalue weighted by molar-refractivity contribution is 7.07. The Labute approximate surface area is 267 Å². The smallest absolute Gasteiger partial charge is 0.338 e. The summed E-state index contributed by atoms with van der Waals surface area (Å²) in [4.78, 5) is 32.8. The fourth-order valence-electron chi connectivity index (χ4n) is 4.94. The molecule has 6 nitrogen and oxygen atoms in total. The SMILES string of the molecule is CC1=C(C(=O)OCc2ccccc2)C(c2ccc(OCc3ccccc3)cc2)n2c(s/c(=C\c3ccc(Cl)c(Cl)c3)c2=O)=N1. The fourth-order valence-corrected chi connectivity index (χ4v) is 6.29. The van der Waals surface area contributed by atoms with Crippen LogP contribution in [0, 0.1) is 0 Å². The largest absolute Gasteiger partial charge is 0.489 e. The number of nitrogens with zero attached hydrogens (tertiary/aromatic N) is 2. The van der Waals surface area contributed by atoms with Crippen LogP contribution in [0.25, 0.3) is 6.08 Å². The number of hydrogen-bond donors (Lipinski definition) is 0. The van der Waals surface area contributed by atoms with E-state index in [1.165, 1.54) is 11.3 Å². The molecule has 1 unspecified atom stereocenters. The molecule has 1 atom stereocenters. The molecule has 0 spiro atoms. The molecule has 0 bridgehead atoms. The first-order chi connectivity index (χ1) is 21.4. The Bertz CT molecular complexity index is 2040. The first-order valence-electron chi connectivity index (χ1n) is 13.8. The lowest BCUT2D eigenvalue weighted by atomic mass is 9.96. The summed E-state index contributed by atoms with van der Waals surface area (Å²) in [5, 5.41) is 0.815. The van der Waals surface area contributed by atoms with E-state index in [-0.39, 0.29) is 12.2 Å². The molecule has 2 heterocycles. The summed E-state index contributed by atoms with van der Waals surface area (Å²) < 4.78 is 13.7. The molecule has 1 aliphatic heterocycles. The van der Waals surface area contributed by atoms with E-state index in [4.69, 9.17) is 32.7 Å². The minimum absolute atomic E-state index is 0.0944. The molecule has 4 aromatic carbocycles. The molecule has 0 aliphatic carbocycles. The van der Waals surface area contributed by atoms with Crippen LogP contribution < -0.4 is 19.6 Å². The molecule has 1 aliphatic rings. The van der Waals surface area contributed by atoms with Gasteiger partial charge in [-0.25, -0.2) is 9.79 Å². The van der Waals surface area contributed by atoms with Crippen LogP contribution in [0.3, 0.4) is 0 Å². The van der Waals surface area contributed by atoms with Crippen LogP contribution in [-0.4, -0.2) is 10.5 Å². The van der Waals surface area contributed by atoms with Crippen LogP contribution in [0.5, 0.6) is 5.75 Å². The van der Waals surface area contributed by atoms with Crippen molar-refractivity contribution in [1.29, 1.82) is 0 Å². The van der Waals surface area contributed by atoms with Crippen molar-refractivity contribution in [2.24, 2.45) is 4.99 Å². The van der Waals surface area contributed by atoms with Crippen LogP contribution in [0.2, 0.25) is 10.0 Å². The average Bonchev–Trinajstić information content (AvgIpc) is 3.35. The Morgan fingerprint density at radius 1 is 0.886 bits per heavy atom. The summed E-state index contributed by atoms with van der Waals surface area (Å²) in [6, 6.07) is 31.2. The number of rotatable bonds is 8. The van der Waals surface area contributed by atoms with Crippen molar-refractivity contribution in [2.75, 3.05) is 0 Å². The first kappa shape index (κ1) is 29.6. The third-order valence-electron chi connectivity index (χ3n) is 7.14. The maximum absolute atomic E-state index is 14.0. The van der Waals surface area contributed by atoms with Gasteiger partial charge in [0, 0.05) is 0 Å². The van der Waals surface area contributed by atoms with Gasteiger partial charge in [0.05, 0.1) is 31.9 Å². The van der Waals surface area contributed by atoms with Gasteiger partial charge in [0.1, 0.15) is 19.0 Å². The van der Waals surface area contributed by atoms with E-state index < -0.39 is 12.0 Å². The minimum atomic E-state index is -0.756. The Morgan fingerprint density at radius 2 is 1.55 bits per heavy atom. The maximum Gasteiger partial charge on any atom is 0.338 e. The van der Waals surface area contributed by atoms with Gasteiger partial charge in [0.15, 0.2) is 4.80 Å². The Kier molecular flexibility index (Phi) is 8.79. The number of aromatic nitrogens is 1. The van der Waals surface area contributed by atoms with Gasteiger partial charge >= 0.3 is 5.97 Å². The lowest BCUT2D eigenvalue weighted by Crippen LogP contribution is -2.39. The van der Waals surface area contributed by atoms with Crippen molar-refractivity contribution >= 4 is 46.6 Å². The number of halogens is 2. The van der Waals surface area contributed by atoms with Crippen LogP contribution >= 0.6 is 34.5 Å². The lowest BCUT2D eigenvalue weighted by molar-refractivity contribution is -0.140. The van der Waals surface area contributed by atoms with E-state index in [9.17, 15) is 9.59 Å². The number of hydrogen-bond acceptors (Lipinski definition) is 6. The van der Waals surface area contributed by atoms with Crippen LogP contribution in [0.1, 0.15) is 35.2 Å². The highest BCUT2D eigenvalue weighted by Gasteiger charge is 2.33. The molecular weight excluding hydrogens is 615 g/mol. The summed E-state index contributed by atoms with van der Waals surface area (Å²) in [5.74, 6) is 0.127. The summed E-state index contributed by atoms with van der Waals surface area (Å²) >= 11 is 13.6. The molecule has 0 N–H and O–H groups in total. The predicted molar refractivity (Wildman–Crippen MR) is 174 cm³/mol. The average molecular weight is 642 g/mol. The summed E-state index contributed by atoms with van der Waals surface area (Å²) in [6.45, 7) is 2.28. The topological polar surface area (TPSA) is 69.9 Å². The molecule has 0 fully saturated rings. The number of thiazole rings is 1. The predicted octanol–water partition coefficient (Wildman–Crippen LogP) is 6.86. The van der Waals surface area contributed by atoms with E-state index in [1.807, 2.05) is 84.9 Å². The molecule has 0 radical (unpaired) electrons. The van der Waals surface area contributed by atoms with Gasteiger partial charge in [-0.15, -0.1) is 0 Å². The summed E-state index contributed by atoms with van der Waals surface area (Å²) in [5.41, 5.74) is 3.85. The van der Waals surface area contributed by atoms with Crippen molar-refractivity contribution in [3.8, 4) is 5.75 Å². The van der Waals surface area contributed by atoms with Gasteiger partial charge in [-0.2, -0.15) is 0 Å². The lowest BCUT2D eigenvalue weighted by Gasteiger charge is -2.25. The molecule has 220 valence electrons. The second-order valence-electron chi connectivity index (χ2n) is 10.2. The van der Waals surface area contributed by atoms with Gasteiger partial charge in [-0.1, -0.05) is 113 Å². The zero-order chi connectivity index (χ0) is 30.6. The molecular formula is C35H26Cl2N2O4S. The molecule has 1 aromatic heterocycles. The third kappa shape index (κ3) is 6.40. The molecule has 0 amide bonds. The standard InChI is InChI=1S/C35H26Cl2N2O4S/c1-22-31(34(41)43-21-24-10-6-3-7-11-24)32(26-13-15-27(16-14-26)42-20-23-8-4-2-5-9-23)39-33(40)30(44-35(39)38-22)19-25-12-17-28(36)29(37)18-25/h2-19,32H,20-21H2,1H3/b30-19-. The van der Waals surface area contributed by atoms with Crippen LogP contribution in [-0.2, 0) is 22.7 Å². The number of allylic oxidation sites excluding steroid dienone is 1. The number of benzene rings is 4. The Hall–Kier alpha value is -4.43. The first-order valence-corrected chi connectivity index (χ1v) is 15.4. The van der Waals surface area contributed by atoms with Crippen molar-refractivity contribution in [2.45, 2.75) is 26.2 Å². The van der Waals surface area contributed by atoms with Gasteiger partial charge < -0.3 is 9.47 Å². The van der Waals surface area contributed by atoms with Crippen molar-refractivity contribution < 1.29 is 14.3 Å². The van der Waals surface area contributed by atoms with E-state index in [0.29, 0.717) is 43.0 Å². The van der Waals surface area contributed by atoms with E-state index in [1.54, 1.807) is 35.8 Å². The second kappa shape index (κ2) is 13.1. The fraction of sp³-hybridized carbons (Fsp3) is 0.114. The van der Waals surface area contributed by atoms with Gasteiger partial charge in [-0.3, -0.25) is 9.36 Å². The third-order valence-corrected chi connectivity index (χ3v) is 8.86. The highest BCUT2D eigenvalue weighted by Crippen LogP contribution is 2.32. The number of carbonyl (C=O) groups is 1. The van der Waals surface area contributed by atoms with E-state index >= 15 is 0 Å². The van der Waals surface area contributed by atoms with Gasteiger partial charge in [-0.05, 0) is 59.5 Å². The second-order valence-corrected chi connectivity index (χ2v) is 12.0. The Morgan fingerprint density at radius 3 is 2.20 bits per heavy atom. The molecule has 0 saturated carbocycles. The number of ether oxygens (including phenoxy) is 2. The summed E-state index contributed by atoms with van der Waals surface area (Å²) in [6.07, 6.45) is 1.75.